The fourth-order valence-electron chi connectivity index (χ4n) is 3.35. The highest BCUT2D eigenvalue weighted by atomic mass is 32.1. The van der Waals surface area contributed by atoms with Gasteiger partial charge in [0.05, 0.1) is 11.5 Å². The number of carbonyl (C=O) groups excluding carboxylic acids is 1. The average molecular weight is 336 g/mol. The molecule has 1 saturated heterocycles. The maximum absolute atomic E-state index is 14.2. The lowest BCUT2D eigenvalue weighted by Crippen LogP contribution is -2.34. The number of benzene rings is 1. The first-order valence-corrected chi connectivity index (χ1v) is 8.58. The van der Waals surface area contributed by atoms with Gasteiger partial charge in [-0.1, -0.05) is 6.07 Å². The summed E-state index contributed by atoms with van der Waals surface area (Å²) in [4.78, 5) is 15.5. The highest BCUT2D eigenvalue weighted by molar-refractivity contribution is 7.21. The fraction of sp³-hybridized carbons (Fsp3) is 0.471. The van der Waals surface area contributed by atoms with Crippen LogP contribution >= 0.6 is 11.3 Å². The summed E-state index contributed by atoms with van der Waals surface area (Å²) in [7, 11) is 1.56. The number of nitrogens with two attached hydrogens (primary N) is 1. The van der Waals surface area contributed by atoms with E-state index in [0.717, 1.165) is 11.1 Å². The van der Waals surface area contributed by atoms with E-state index in [1.807, 2.05) is 17.9 Å². The van der Waals surface area contributed by atoms with Crippen molar-refractivity contribution in [2.45, 2.75) is 26.0 Å². The highest BCUT2D eigenvalue weighted by Gasteiger charge is 2.34. The van der Waals surface area contributed by atoms with Crippen molar-refractivity contribution in [1.29, 1.82) is 0 Å². The Balaban J connectivity index is 2.03. The van der Waals surface area contributed by atoms with E-state index in [1.165, 1.54) is 17.4 Å². The van der Waals surface area contributed by atoms with Gasteiger partial charge in [-0.05, 0) is 37.9 Å². The largest absolute Gasteiger partial charge is 0.380 e. The second-order valence-corrected chi connectivity index (χ2v) is 7.15. The van der Waals surface area contributed by atoms with Gasteiger partial charge in [0.2, 0.25) is 0 Å². The SMILES string of the molecule is COCc1c(C(=O)N2CC(CN)CC2C)sc2cccc(F)c12. The van der Waals surface area contributed by atoms with Crippen molar-refractivity contribution in [2.75, 3.05) is 20.2 Å². The summed E-state index contributed by atoms with van der Waals surface area (Å²) in [6.45, 7) is 3.52. The smallest absolute Gasteiger partial charge is 0.264 e. The van der Waals surface area contributed by atoms with Crippen molar-refractivity contribution < 1.29 is 13.9 Å². The molecular weight excluding hydrogens is 315 g/mol. The van der Waals surface area contributed by atoms with Crippen LogP contribution in [0.15, 0.2) is 18.2 Å². The topological polar surface area (TPSA) is 55.6 Å². The minimum atomic E-state index is -0.306. The van der Waals surface area contributed by atoms with Gasteiger partial charge < -0.3 is 15.4 Å². The first-order chi connectivity index (χ1) is 11.1. The van der Waals surface area contributed by atoms with Gasteiger partial charge in [-0.25, -0.2) is 4.39 Å². The maximum atomic E-state index is 14.2. The maximum Gasteiger partial charge on any atom is 0.264 e. The number of carbonyl (C=O) groups is 1. The standard InChI is InChI=1S/C17H21FN2O2S/c1-10-6-11(7-19)8-20(10)17(21)16-12(9-22-2)15-13(18)4-3-5-14(15)23-16/h3-5,10-11H,6-9,19H2,1-2H3. The van der Waals surface area contributed by atoms with E-state index in [-0.39, 0.29) is 24.4 Å². The summed E-state index contributed by atoms with van der Waals surface area (Å²) in [6, 6.07) is 5.09. The second kappa shape index (κ2) is 6.55. The summed E-state index contributed by atoms with van der Waals surface area (Å²) in [5, 5.41) is 0.505. The van der Waals surface area contributed by atoms with Crippen molar-refractivity contribution in [1.82, 2.24) is 4.90 Å². The zero-order valence-corrected chi connectivity index (χ0v) is 14.2. The van der Waals surface area contributed by atoms with Gasteiger partial charge in [0.15, 0.2) is 0 Å². The number of thiophene rings is 1. The molecule has 23 heavy (non-hydrogen) atoms. The predicted octanol–water partition coefficient (Wildman–Crippen LogP) is 3.00. The zero-order chi connectivity index (χ0) is 16.6. The number of halogens is 1. The van der Waals surface area contributed by atoms with Crippen LogP contribution in [-0.2, 0) is 11.3 Å². The van der Waals surface area contributed by atoms with Crippen LogP contribution in [0.3, 0.4) is 0 Å². The summed E-state index contributed by atoms with van der Waals surface area (Å²) in [5.41, 5.74) is 6.40. The molecular formula is C17H21FN2O2S. The number of nitrogens with zero attached hydrogens (tertiary/aromatic N) is 1. The van der Waals surface area contributed by atoms with Gasteiger partial charge in [-0.15, -0.1) is 11.3 Å². The van der Waals surface area contributed by atoms with Gasteiger partial charge in [-0.2, -0.15) is 0 Å². The highest BCUT2D eigenvalue weighted by Crippen LogP contribution is 2.36. The van der Waals surface area contributed by atoms with Crippen molar-refractivity contribution >= 4 is 27.3 Å². The van der Waals surface area contributed by atoms with Gasteiger partial charge in [0.25, 0.3) is 5.91 Å². The third-order valence-electron chi connectivity index (χ3n) is 4.50. The Morgan fingerprint density at radius 1 is 1.52 bits per heavy atom. The monoisotopic (exact) mass is 336 g/mol. The number of rotatable bonds is 4. The zero-order valence-electron chi connectivity index (χ0n) is 13.3. The lowest BCUT2D eigenvalue weighted by Gasteiger charge is -2.21. The lowest BCUT2D eigenvalue weighted by molar-refractivity contribution is 0.0744. The summed E-state index contributed by atoms with van der Waals surface area (Å²) in [6.07, 6.45) is 0.918. The molecule has 2 heterocycles. The Kier molecular flexibility index (Phi) is 4.66. The molecule has 0 saturated carbocycles. The molecule has 0 radical (unpaired) electrons. The fourth-order valence-corrected chi connectivity index (χ4v) is 4.53. The van der Waals surface area contributed by atoms with Crippen LogP contribution in [-0.4, -0.2) is 37.0 Å². The first kappa shape index (κ1) is 16.4. The van der Waals surface area contributed by atoms with E-state index in [0.29, 0.717) is 34.8 Å². The molecule has 4 nitrogen and oxygen atoms in total. The third-order valence-corrected chi connectivity index (χ3v) is 5.69. The summed E-state index contributed by atoms with van der Waals surface area (Å²) >= 11 is 1.34. The Labute approximate surface area is 139 Å². The van der Waals surface area contributed by atoms with Crippen molar-refractivity contribution in [3.63, 3.8) is 0 Å². The van der Waals surface area contributed by atoms with E-state index in [1.54, 1.807) is 13.2 Å². The summed E-state index contributed by atoms with van der Waals surface area (Å²) < 4.78 is 20.2. The van der Waals surface area contributed by atoms with E-state index in [9.17, 15) is 9.18 Å². The molecule has 2 atom stereocenters. The average Bonchev–Trinajstić information content (AvgIpc) is 3.09. The number of methoxy groups -OCH3 is 1. The molecule has 1 fully saturated rings. The van der Waals surface area contributed by atoms with Crippen LogP contribution < -0.4 is 5.73 Å². The minimum Gasteiger partial charge on any atom is -0.380 e. The molecule has 6 heteroatoms. The third kappa shape index (κ3) is 2.86. The number of ether oxygens (including phenoxy) is 1. The Bertz CT molecular complexity index is 731. The molecule has 3 rings (SSSR count). The lowest BCUT2D eigenvalue weighted by atomic mass is 10.1. The number of amides is 1. The predicted molar refractivity (Wildman–Crippen MR) is 90.2 cm³/mol. The normalized spacial score (nSPS) is 21.3. The first-order valence-electron chi connectivity index (χ1n) is 7.76. The van der Waals surface area contributed by atoms with E-state index in [4.69, 9.17) is 10.5 Å². The van der Waals surface area contributed by atoms with Gasteiger partial charge in [-0.3, -0.25) is 4.79 Å². The van der Waals surface area contributed by atoms with Crippen molar-refractivity contribution in [3.05, 3.63) is 34.5 Å². The Morgan fingerprint density at radius 3 is 2.96 bits per heavy atom. The molecule has 2 aromatic rings. The van der Waals surface area contributed by atoms with Crippen LogP contribution in [0.2, 0.25) is 0 Å². The van der Waals surface area contributed by atoms with Gasteiger partial charge >= 0.3 is 0 Å². The van der Waals surface area contributed by atoms with Crippen molar-refractivity contribution in [3.8, 4) is 0 Å². The van der Waals surface area contributed by atoms with Crippen molar-refractivity contribution in [2.24, 2.45) is 11.7 Å². The quantitative estimate of drug-likeness (QED) is 0.934. The van der Waals surface area contributed by atoms with E-state index < -0.39 is 0 Å². The summed E-state index contributed by atoms with van der Waals surface area (Å²) in [5.74, 6) is -0.00815. The molecule has 1 aromatic heterocycles. The van der Waals surface area contributed by atoms with Crippen LogP contribution in [0, 0.1) is 11.7 Å². The minimum absolute atomic E-state index is 0.0406. The van der Waals surface area contributed by atoms with Gasteiger partial charge in [0, 0.05) is 35.3 Å². The van der Waals surface area contributed by atoms with E-state index >= 15 is 0 Å². The number of fused-ring (bicyclic) bond motifs is 1. The Hall–Kier alpha value is -1.50. The molecule has 1 amide bonds. The van der Waals surface area contributed by atoms with Crippen LogP contribution in [0.25, 0.3) is 10.1 Å². The molecule has 124 valence electrons. The van der Waals surface area contributed by atoms with E-state index in [2.05, 4.69) is 0 Å². The van der Waals surface area contributed by atoms with Crippen LogP contribution in [0.4, 0.5) is 4.39 Å². The molecule has 0 aliphatic carbocycles. The number of hydrogen-bond acceptors (Lipinski definition) is 4. The molecule has 1 aromatic carbocycles. The molecule has 0 spiro atoms. The molecule has 2 N–H and O–H groups in total. The second-order valence-electron chi connectivity index (χ2n) is 6.10. The number of likely N-dealkylation sites (tertiary alicyclic amines) is 1. The molecule has 0 bridgehead atoms. The van der Waals surface area contributed by atoms with Gasteiger partial charge in [0.1, 0.15) is 5.82 Å². The number of hydrogen-bond donors (Lipinski definition) is 1. The van der Waals surface area contributed by atoms with Crippen LogP contribution in [0.5, 0.6) is 0 Å². The molecule has 2 unspecified atom stereocenters. The van der Waals surface area contributed by atoms with Crippen LogP contribution in [0.1, 0.15) is 28.6 Å². The Morgan fingerprint density at radius 2 is 2.30 bits per heavy atom. The molecule has 1 aliphatic heterocycles. The molecule has 1 aliphatic rings.